The molecule has 0 fully saturated rings. The zero-order valence-electron chi connectivity index (χ0n) is 15.3. The van der Waals surface area contributed by atoms with Crippen molar-refractivity contribution in [2.45, 2.75) is 31.4 Å². The summed E-state index contributed by atoms with van der Waals surface area (Å²) in [5.41, 5.74) is -0.0951. The second kappa shape index (κ2) is 7.32. The first kappa shape index (κ1) is 18.8. The summed E-state index contributed by atoms with van der Waals surface area (Å²) < 4.78 is 5.66. The van der Waals surface area contributed by atoms with Gasteiger partial charge in [0, 0.05) is 12.1 Å². The van der Waals surface area contributed by atoms with Crippen molar-refractivity contribution in [3.8, 4) is 0 Å². The van der Waals surface area contributed by atoms with E-state index in [1.54, 1.807) is 24.3 Å². The molecule has 1 heterocycles. The van der Waals surface area contributed by atoms with Crippen molar-refractivity contribution < 1.29 is 14.8 Å². The van der Waals surface area contributed by atoms with Crippen molar-refractivity contribution in [1.29, 1.82) is 0 Å². The number of hydrogen-bond donors (Lipinski definition) is 1. The molecule has 0 aliphatic carbocycles. The highest BCUT2D eigenvalue weighted by Crippen LogP contribution is 2.31. The largest absolute Gasteiger partial charge is 0.478 e. The van der Waals surface area contributed by atoms with Crippen LogP contribution in [0.4, 0.5) is 5.69 Å². The molecule has 1 unspecified atom stereocenters. The van der Waals surface area contributed by atoms with Crippen LogP contribution < -0.4 is 0 Å². The van der Waals surface area contributed by atoms with E-state index in [2.05, 4.69) is 4.99 Å². The highest BCUT2D eigenvalue weighted by atomic mass is 16.6. The Morgan fingerprint density at radius 1 is 1.22 bits per heavy atom. The number of nitro groups is 1. The van der Waals surface area contributed by atoms with E-state index in [-0.39, 0.29) is 17.6 Å². The zero-order chi connectivity index (χ0) is 19.5. The Morgan fingerprint density at radius 2 is 1.89 bits per heavy atom. The van der Waals surface area contributed by atoms with E-state index in [0.29, 0.717) is 12.5 Å². The van der Waals surface area contributed by atoms with Crippen LogP contribution in [0.25, 0.3) is 6.08 Å². The van der Waals surface area contributed by atoms with Crippen molar-refractivity contribution >= 4 is 17.7 Å². The molecule has 1 aliphatic heterocycles. The van der Waals surface area contributed by atoms with Gasteiger partial charge in [-0.2, -0.15) is 0 Å². The van der Waals surface area contributed by atoms with Gasteiger partial charge in [-0.15, -0.1) is 0 Å². The van der Waals surface area contributed by atoms with E-state index >= 15 is 0 Å². The van der Waals surface area contributed by atoms with Gasteiger partial charge >= 0.3 is 0 Å². The predicted octanol–water partition coefficient (Wildman–Crippen LogP) is 4.09. The van der Waals surface area contributed by atoms with Crippen molar-refractivity contribution in [3.05, 3.63) is 81.9 Å². The van der Waals surface area contributed by atoms with Gasteiger partial charge in [-0.3, -0.25) is 10.1 Å². The van der Waals surface area contributed by atoms with Gasteiger partial charge < -0.3 is 9.84 Å². The summed E-state index contributed by atoms with van der Waals surface area (Å²) >= 11 is 0. The number of aliphatic hydroxyl groups is 1. The van der Waals surface area contributed by atoms with Crippen LogP contribution in [0.1, 0.15) is 31.4 Å². The molecular weight excluding hydrogens is 344 g/mol. The van der Waals surface area contributed by atoms with E-state index in [9.17, 15) is 15.2 Å². The molecular formula is C21H22N2O4. The van der Waals surface area contributed by atoms with Gasteiger partial charge in [-0.05, 0) is 43.2 Å². The molecule has 1 atom stereocenters. The van der Waals surface area contributed by atoms with Gasteiger partial charge in [0.05, 0.1) is 16.9 Å². The first-order valence-corrected chi connectivity index (χ1v) is 8.71. The molecule has 0 radical (unpaired) electrons. The van der Waals surface area contributed by atoms with Crippen molar-refractivity contribution in [2.75, 3.05) is 6.61 Å². The Bertz CT molecular complexity index is 873. The lowest BCUT2D eigenvalue weighted by atomic mass is 9.89. The first-order chi connectivity index (χ1) is 12.8. The third-order valence-electron chi connectivity index (χ3n) is 4.37. The Labute approximate surface area is 158 Å². The molecule has 0 saturated heterocycles. The summed E-state index contributed by atoms with van der Waals surface area (Å²) in [6.45, 7) is 4.45. The molecule has 0 saturated carbocycles. The second-order valence-corrected chi connectivity index (χ2v) is 7.26. The Morgan fingerprint density at radius 3 is 2.44 bits per heavy atom. The highest BCUT2D eigenvalue weighted by Gasteiger charge is 2.34. The van der Waals surface area contributed by atoms with Gasteiger partial charge in [-0.1, -0.05) is 36.4 Å². The number of hydrogen-bond acceptors (Lipinski definition) is 5. The minimum absolute atomic E-state index is 0.0291. The van der Waals surface area contributed by atoms with Gasteiger partial charge in [0.15, 0.2) is 5.90 Å². The van der Waals surface area contributed by atoms with Crippen LogP contribution in [-0.4, -0.2) is 28.1 Å². The maximum absolute atomic E-state index is 11.4. The van der Waals surface area contributed by atoms with Crippen LogP contribution >= 0.6 is 0 Å². The molecule has 140 valence electrons. The summed E-state index contributed by atoms with van der Waals surface area (Å²) in [7, 11) is 0. The monoisotopic (exact) mass is 366 g/mol. The molecule has 6 heteroatoms. The van der Waals surface area contributed by atoms with Gasteiger partial charge in [-0.25, -0.2) is 4.99 Å². The number of nitrogens with zero attached hydrogens (tertiary/aromatic N) is 2. The zero-order valence-corrected chi connectivity index (χ0v) is 15.3. The maximum Gasteiger partial charge on any atom is 0.269 e. The van der Waals surface area contributed by atoms with Crippen molar-refractivity contribution in [3.63, 3.8) is 0 Å². The quantitative estimate of drug-likeness (QED) is 0.616. The van der Waals surface area contributed by atoms with Crippen molar-refractivity contribution in [1.82, 2.24) is 0 Å². The number of ether oxygens (including phenoxy) is 1. The van der Waals surface area contributed by atoms with E-state index in [0.717, 1.165) is 11.1 Å². The van der Waals surface area contributed by atoms with Gasteiger partial charge in [0.25, 0.3) is 5.69 Å². The number of rotatable bonds is 6. The molecule has 0 spiro atoms. The molecule has 1 N–H and O–H groups in total. The molecule has 2 aromatic carbocycles. The summed E-state index contributed by atoms with van der Waals surface area (Å²) in [4.78, 5) is 14.9. The van der Waals surface area contributed by atoms with Crippen LogP contribution in [0, 0.1) is 10.1 Å². The number of benzene rings is 2. The Kier molecular flexibility index (Phi) is 5.10. The molecule has 1 aliphatic rings. The first-order valence-electron chi connectivity index (χ1n) is 8.71. The van der Waals surface area contributed by atoms with E-state index < -0.39 is 10.5 Å². The van der Waals surface area contributed by atoms with E-state index in [1.807, 2.05) is 44.2 Å². The standard InChI is InChI=1S/C21H22N2O4/c1-20(2)15-27-19(22-20)14-21(24,17-6-4-3-5-7-17)13-12-16-8-10-18(11-9-16)23(25)26/h3-13,24H,14-15H2,1-2H3/b13-12+. The molecule has 0 aromatic heterocycles. The number of non-ortho nitro benzene ring substituents is 1. The molecule has 0 bridgehead atoms. The third-order valence-corrected chi connectivity index (χ3v) is 4.37. The number of nitro benzene ring substituents is 1. The lowest BCUT2D eigenvalue weighted by molar-refractivity contribution is -0.384. The predicted molar refractivity (Wildman–Crippen MR) is 105 cm³/mol. The average Bonchev–Trinajstić information content (AvgIpc) is 2.99. The summed E-state index contributed by atoms with van der Waals surface area (Å²) in [5.74, 6) is 0.514. The Hall–Kier alpha value is -2.99. The van der Waals surface area contributed by atoms with Crippen LogP contribution in [0.15, 0.2) is 65.7 Å². The fourth-order valence-corrected chi connectivity index (χ4v) is 2.91. The van der Waals surface area contributed by atoms with E-state index in [1.165, 1.54) is 12.1 Å². The fourth-order valence-electron chi connectivity index (χ4n) is 2.91. The summed E-state index contributed by atoms with van der Waals surface area (Å²) in [5, 5.41) is 22.1. The minimum atomic E-state index is -1.30. The van der Waals surface area contributed by atoms with Gasteiger partial charge in [0.2, 0.25) is 0 Å². The molecule has 27 heavy (non-hydrogen) atoms. The maximum atomic E-state index is 11.4. The summed E-state index contributed by atoms with van der Waals surface area (Å²) in [6, 6.07) is 15.5. The highest BCUT2D eigenvalue weighted by molar-refractivity contribution is 5.80. The minimum Gasteiger partial charge on any atom is -0.478 e. The van der Waals surface area contributed by atoms with Gasteiger partial charge in [0.1, 0.15) is 12.2 Å². The number of aliphatic imine (C=N–C) groups is 1. The smallest absolute Gasteiger partial charge is 0.269 e. The SMILES string of the molecule is CC1(C)COC(CC(O)(/C=C/c2ccc([N+](=O)[O-])cc2)c2ccccc2)=N1. The lowest BCUT2D eigenvalue weighted by Crippen LogP contribution is -2.27. The molecule has 2 aromatic rings. The topological polar surface area (TPSA) is 85.0 Å². The van der Waals surface area contributed by atoms with Crippen LogP contribution in [0.2, 0.25) is 0 Å². The second-order valence-electron chi connectivity index (χ2n) is 7.26. The van der Waals surface area contributed by atoms with Crippen LogP contribution in [0.3, 0.4) is 0 Å². The molecule has 0 amide bonds. The average molecular weight is 366 g/mol. The Balaban J connectivity index is 1.89. The molecule has 6 nitrogen and oxygen atoms in total. The lowest BCUT2D eigenvalue weighted by Gasteiger charge is -2.25. The van der Waals surface area contributed by atoms with Crippen LogP contribution in [0.5, 0.6) is 0 Å². The molecule has 3 rings (SSSR count). The third kappa shape index (κ3) is 4.60. The normalized spacial score (nSPS) is 18.0. The van der Waals surface area contributed by atoms with Crippen LogP contribution in [-0.2, 0) is 10.3 Å². The summed E-state index contributed by atoms with van der Waals surface area (Å²) in [6.07, 6.45) is 3.64. The fraction of sp³-hybridized carbons (Fsp3) is 0.286. The van der Waals surface area contributed by atoms with Crippen molar-refractivity contribution in [2.24, 2.45) is 4.99 Å². The van der Waals surface area contributed by atoms with E-state index in [4.69, 9.17) is 4.74 Å².